The second kappa shape index (κ2) is 4.97. The Hall–Kier alpha value is -0.570. The molecule has 0 amide bonds. The van der Waals surface area contributed by atoms with E-state index in [2.05, 4.69) is 17.2 Å². The van der Waals surface area contributed by atoms with Crippen molar-refractivity contribution in [2.45, 2.75) is 50.9 Å². The predicted octanol–water partition coefficient (Wildman–Crippen LogP) is 3.16. The third-order valence-corrected chi connectivity index (χ3v) is 3.74. The molecule has 1 fully saturated rings. The summed E-state index contributed by atoms with van der Waals surface area (Å²) in [4.78, 5) is 0. The highest BCUT2D eigenvalue weighted by atomic mass is 35.5. The van der Waals surface area contributed by atoms with Gasteiger partial charge in [-0.2, -0.15) is 0 Å². The lowest BCUT2D eigenvalue weighted by Gasteiger charge is -2.27. The third-order valence-electron chi connectivity index (χ3n) is 3.46. The van der Waals surface area contributed by atoms with Crippen molar-refractivity contribution in [3.8, 4) is 0 Å². The van der Waals surface area contributed by atoms with Crippen LogP contribution in [0.4, 0.5) is 0 Å². The zero-order valence-electron chi connectivity index (χ0n) is 9.19. The van der Waals surface area contributed by atoms with Gasteiger partial charge in [0.25, 0.3) is 0 Å². The van der Waals surface area contributed by atoms with Crippen LogP contribution in [0.1, 0.15) is 50.8 Å². The summed E-state index contributed by atoms with van der Waals surface area (Å²) in [5.74, 6) is 1.39. The lowest BCUT2D eigenvalue weighted by atomic mass is 9.85. The first-order valence-electron chi connectivity index (χ1n) is 5.80. The maximum atomic E-state index is 5.71. The Labute approximate surface area is 95.8 Å². The van der Waals surface area contributed by atoms with Gasteiger partial charge in [-0.3, -0.25) is 0 Å². The van der Waals surface area contributed by atoms with Crippen molar-refractivity contribution in [2.75, 3.05) is 0 Å². The summed E-state index contributed by atoms with van der Waals surface area (Å²) in [6, 6.07) is 0.553. The van der Waals surface area contributed by atoms with Crippen LogP contribution in [0.25, 0.3) is 0 Å². The molecular formula is C11H18ClN3. The lowest BCUT2D eigenvalue weighted by Crippen LogP contribution is -2.18. The number of rotatable bonds is 3. The van der Waals surface area contributed by atoms with Gasteiger partial charge in [-0.1, -0.05) is 18.6 Å². The maximum absolute atomic E-state index is 5.71. The molecule has 1 aromatic rings. The molecule has 0 atom stereocenters. The molecule has 1 aliphatic rings. The minimum atomic E-state index is 0.463. The Kier molecular flexibility index (Phi) is 3.62. The van der Waals surface area contributed by atoms with Gasteiger partial charge in [-0.15, -0.1) is 16.7 Å². The molecule has 84 valence electrons. The van der Waals surface area contributed by atoms with Crippen LogP contribution in [0.3, 0.4) is 0 Å². The van der Waals surface area contributed by atoms with E-state index in [9.17, 15) is 0 Å². The van der Waals surface area contributed by atoms with E-state index in [4.69, 9.17) is 11.6 Å². The van der Waals surface area contributed by atoms with Gasteiger partial charge in [0.05, 0.1) is 17.6 Å². The Bertz CT molecular complexity index is 303. The van der Waals surface area contributed by atoms with E-state index in [-0.39, 0.29) is 0 Å². The van der Waals surface area contributed by atoms with Crippen LogP contribution in [-0.4, -0.2) is 15.0 Å². The number of alkyl halides is 1. The van der Waals surface area contributed by atoms with Crippen LogP contribution >= 0.6 is 11.6 Å². The Morgan fingerprint density at radius 3 is 2.67 bits per heavy atom. The molecule has 0 aliphatic heterocycles. The molecule has 0 saturated heterocycles. The molecule has 0 unspecified atom stereocenters. The summed E-state index contributed by atoms with van der Waals surface area (Å²) in [6.45, 7) is 2.28. The van der Waals surface area contributed by atoms with Crippen molar-refractivity contribution in [1.29, 1.82) is 0 Å². The molecule has 1 heterocycles. The minimum Gasteiger partial charge on any atom is -0.249 e. The first-order valence-corrected chi connectivity index (χ1v) is 6.33. The molecule has 15 heavy (non-hydrogen) atoms. The third kappa shape index (κ3) is 2.51. The second-order valence-corrected chi connectivity index (χ2v) is 4.67. The van der Waals surface area contributed by atoms with Crippen molar-refractivity contribution < 1.29 is 0 Å². The van der Waals surface area contributed by atoms with E-state index in [1.54, 1.807) is 0 Å². The van der Waals surface area contributed by atoms with E-state index >= 15 is 0 Å². The van der Waals surface area contributed by atoms with Gasteiger partial charge < -0.3 is 0 Å². The quantitative estimate of drug-likeness (QED) is 0.743. The summed E-state index contributed by atoms with van der Waals surface area (Å²) in [6.07, 6.45) is 8.45. The van der Waals surface area contributed by atoms with E-state index in [1.165, 1.54) is 32.1 Å². The number of halogens is 1. The largest absolute Gasteiger partial charge is 0.249 e. The monoisotopic (exact) mass is 227 g/mol. The average molecular weight is 228 g/mol. The highest BCUT2D eigenvalue weighted by Gasteiger charge is 2.21. The summed E-state index contributed by atoms with van der Waals surface area (Å²) < 4.78 is 2.00. The minimum absolute atomic E-state index is 0.463. The molecule has 1 aromatic heterocycles. The predicted molar refractivity (Wildman–Crippen MR) is 60.9 cm³/mol. The van der Waals surface area contributed by atoms with Gasteiger partial charge in [-0.25, -0.2) is 4.68 Å². The zero-order valence-corrected chi connectivity index (χ0v) is 9.95. The summed E-state index contributed by atoms with van der Waals surface area (Å²) in [5, 5.41) is 8.17. The molecular weight excluding hydrogens is 210 g/mol. The van der Waals surface area contributed by atoms with Crippen LogP contribution in [0.2, 0.25) is 0 Å². The van der Waals surface area contributed by atoms with Crippen LogP contribution in [0.15, 0.2) is 6.20 Å². The van der Waals surface area contributed by atoms with Crippen molar-refractivity contribution >= 4 is 11.6 Å². The van der Waals surface area contributed by atoms with E-state index in [1.807, 2.05) is 10.9 Å². The van der Waals surface area contributed by atoms with Gasteiger partial charge >= 0.3 is 0 Å². The van der Waals surface area contributed by atoms with Crippen molar-refractivity contribution in [1.82, 2.24) is 15.0 Å². The normalized spacial score (nSPS) is 26.8. The number of hydrogen-bond donors (Lipinski definition) is 0. The van der Waals surface area contributed by atoms with E-state index < -0.39 is 0 Å². The van der Waals surface area contributed by atoms with Crippen LogP contribution in [0.5, 0.6) is 0 Å². The maximum Gasteiger partial charge on any atom is 0.0974 e. The number of aromatic nitrogens is 3. The fraction of sp³-hybridized carbons (Fsp3) is 0.818. The molecule has 2 rings (SSSR count). The second-order valence-electron chi connectivity index (χ2n) is 4.41. The van der Waals surface area contributed by atoms with Gasteiger partial charge in [0, 0.05) is 6.20 Å². The first kappa shape index (κ1) is 10.9. The highest BCUT2D eigenvalue weighted by Crippen LogP contribution is 2.33. The van der Waals surface area contributed by atoms with Crippen molar-refractivity contribution in [3.05, 3.63) is 11.9 Å². The first-order chi connectivity index (χ1) is 7.33. The molecule has 0 bridgehead atoms. The molecule has 3 nitrogen and oxygen atoms in total. The smallest absolute Gasteiger partial charge is 0.0974 e. The number of nitrogens with zero attached hydrogens (tertiary/aromatic N) is 3. The zero-order chi connectivity index (χ0) is 10.7. The van der Waals surface area contributed by atoms with Gasteiger partial charge in [0.1, 0.15) is 0 Å². The fourth-order valence-corrected chi connectivity index (χ4v) is 2.49. The molecule has 1 saturated carbocycles. The topological polar surface area (TPSA) is 30.7 Å². The lowest BCUT2D eigenvalue weighted by molar-refractivity contribution is 0.253. The van der Waals surface area contributed by atoms with Crippen molar-refractivity contribution in [2.24, 2.45) is 5.92 Å². The van der Waals surface area contributed by atoms with Gasteiger partial charge in [0.2, 0.25) is 0 Å². The van der Waals surface area contributed by atoms with Crippen molar-refractivity contribution in [3.63, 3.8) is 0 Å². The molecule has 0 radical (unpaired) electrons. The van der Waals surface area contributed by atoms with E-state index in [0.717, 1.165) is 11.6 Å². The van der Waals surface area contributed by atoms with Crippen LogP contribution in [0, 0.1) is 5.92 Å². The molecule has 0 aromatic carbocycles. The van der Waals surface area contributed by atoms with Crippen LogP contribution in [-0.2, 0) is 5.88 Å². The standard InChI is InChI=1S/C11H18ClN3/c1-2-9-3-5-11(6-4-9)15-8-10(7-12)13-14-15/h8-9,11H,2-7H2,1H3. The highest BCUT2D eigenvalue weighted by molar-refractivity contribution is 6.16. The fourth-order valence-electron chi connectivity index (χ4n) is 2.37. The Morgan fingerprint density at radius 2 is 2.13 bits per heavy atom. The summed E-state index contributed by atoms with van der Waals surface area (Å²) >= 11 is 5.71. The van der Waals surface area contributed by atoms with Crippen LogP contribution < -0.4 is 0 Å². The van der Waals surface area contributed by atoms with Gasteiger partial charge in [0.15, 0.2) is 0 Å². The van der Waals surface area contributed by atoms with Gasteiger partial charge in [-0.05, 0) is 31.6 Å². The molecule has 4 heteroatoms. The summed E-state index contributed by atoms with van der Waals surface area (Å²) in [7, 11) is 0. The van der Waals surface area contributed by atoms with E-state index in [0.29, 0.717) is 11.9 Å². The average Bonchev–Trinajstić information content (AvgIpc) is 2.78. The SMILES string of the molecule is CCC1CCC(n2cc(CCl)nn2)CC1. The molecule has 0 spiro atoms. The molecule has 1 aliphatic carbocycles. The molecule has 0 N–H and O–H groups in total. The number of hydrogen-bond acceptors (Lipinski definition) is 2. The Balaban J connectivity index is 1.95. The Morgan fingerprint density at radius 1 is 1.40 bits per heavy atom. The summed E-state index contributed by atoms with van der Waals surface area (Å²) in [5.41, 5.74) is 0.884.